The minimum absolute atomic E-state index is 0.848. The largest absolute Gasteiger partial charge is 0.402 e. The molecule has 0 saturated heterocycles. The van der Waals surface area contributed by atoms with E-state index in [0.29, 0.717) is 0 Å². The van der Waals surface area contributed by atoms with E-state index in [-0.39, 0.29) is 0 Å². The van der Waals surface area contributed by atoms with Gasteiger partial charge in [0.05, 0.1) is 0 Å². The third-order valence-corrected chi connectivity index (χ3v) is 1.28. The Morgan fingerprint density at radius 1 is 1.36 bits per heavy atom. The number of nitrogens with one attached hydrogen (secondary N) is 1. The van der Waals surface area contributed by atoms with E-state index in [0.717, 1.165) is 18.8 Å². The molecule has 0 spiro atoms. The van der Waals surface area contributed by atoms with Crippen LogP contribution in [0.15, 0.2) is 23.4 Å². The summed E-state index contributed by atoms with van der Waals surface area (Å²) in [5, 5.41) is 3.23. The number of rotatable bonds is 4. The summed E-state index contributed by atoms with van der Waals surface area (Å²) >= 11 is 0. The highest BCUT2D eigenvalue weighted by atomic mass is 14.8. The number of likely N-dealkylation sites (N-methyl/N-ethyl adjacent to an activating group) is 1. The lowest BCUT2D eigenvalue weighted by Crippen LogP contribution is -2.14. The fourth-order valence-electron chi connectivity index (χ4n) is 0.655. The van der Waals surface area contributed by atoms with Crippen LogP contribution in [0.25, 0.3) is 0 Å². The van der Waals surface area contributed by atoms with Crippen molar-refractivity contribution < 1.29 is 0 Å². The van der Waals surface area contributed by atoms with Gasteiger partial charge in [-0.2, -0.15) is 0 Å². The summed E-state index contributed by atoms with van der Waals surface area (Å²) < 4.78 is 0. The predicted molar refractivity (Wildman–Crippen MR) is 50.2 cm³/mol. The van der Waals surface area contributed by atoms with Gasteiger partial charge in [-0.25, -0.2) is 0 Å². The molecule has 0 aliphatic rings. The SMILES string of the molecule is CCNC/C(C)=C/C=C(\C)N. The fourth-order valence-corrected chi connectivity index (χ4v) is 0.655. The van der Waals surface area contributed by atoms with Gasteiger partial charge in [0.2, 0.25) is 0 Å². The molecule has 0 atom stereocenters. The van der Waals surface area contributed by atoms with Gasteiger partial charge in [-0.05, 0) is 26.5 Å². The third kappa shape index (κ3) is 7.13. The van der Waals surface area contributed by atoms with E-state index in [9.17, 15) is 0 Å². The first-order chi connectivity index (χ1) is 5.16. The van der Waals surface area contributed by atoms with Gasteiger partial charge in [0.1, 0.15) is 0 Å². The van der Waals surface area contributed by atoms with Crippen molar-refractivity contribution in [2.75, 3.05) is 13.1 Å². The third-order valence-electron chi connectivity index (χ3n) is 1.28. The smallest absolute Gasteiger partial charge is 0.0164 e. The maximum absolute atomic E-state index is 5.47. The Kier molecular flexibility index (Phi) is 5.57. The molecule has 0 rings (SSSR count). The summed E-state index contributed by atoms with van der Waals surface area (Å²) in [5.74, 6) is 0. The zero-order valence-corrected chi connectivity index (χ0v) is 7.65. The molecule has 3 N–H and O–H groups in total. The normalized spacial score (nSPS) is 13.7. The number of hydrogen-bond donors (Lipinski definition) is 2. The van der Waals surface area contributed by atoms with Crippen molar-refractivity contribution in [2.45, 2.75) is 20.8 Å². The Labute approximate surface area is 69.2 Å². The highest BCUT2D eigenvalue weighted by Gasteiger charge is 1.84. The molecule has 2 nitrogen and oxygen atoms in total. The Balaban J connectivity index is 3.72. The molecule has 0 aliphatic heterocycles. The van der Waals surface area contributed by atoms with Gasteiger partial charge < -0.3 is 11.1 Å². The molecule has 0 unspecified atom stereocenters. The lowest BCUT2D eigenvalue weighted by Gasteiger charge is -1.99. The molecule has 0 aliphatic carbocycles. The van der Waals surface area contributed by atoms with Crippen molar-refractivity contribution >= 4 is 0 Å². The maximum atomic E-state index is 5.47. The van der Waals surface area contributed by atoms with Crippen LogP contribution in [0.4, 0.5) is 0 Å². The Hall–Kier alpha value is -0.760. The molecule has 0 fully saturated rings. The van der Waals surface area contributed by atoms with Gasteiger partial charge in [-0.15, -0.1) is 0 Å². The summed E-state index contributed by atoms with van der Waals surface area (Å²) in [7, 11) is 0. The second-order valence-corrected chi connectivity index (χ2v) is 2.70. The maximum Gasteiger partial charge on any atom is 0.0164 e. The lowest BCUT2D eigenvalue weighted by atomic mass is 10.2. The quantitative estimate of drug-likeness (QED) is 0.601. The first-order valence-electron chi connectivity index (χ1n) is 3.97. The van der Waals surface area contributed by atoms with Crippen molar-refractivity contribution in [3.05, 3.63) is 23.4 Å². The second-order valence-electron chi connectivity index (χ2n) is 2.70. The monoisotopic (exact) mass is 154 g/mol. The van der Waals surface area contributed by atoms with Gasteiger partial charge in [-0.3, -0.25) is 0 Å². The van der Waals surface area contributed by atoms with Crippen LogP contribution >= 0.6 is 0 Å². The van der Waals surface area contributed by atoms with Crippen LogP contribution in [0.3, 0.4) is 0 Å². The minimum Gasteiger partial charge on any atom is -0.402 e. The standard InChI is InChI=1S/C9H18N2/c1-4-11-7-8(2)5-6-9(3)10/h5-6,11H,4,7,10H2,1-3H3/b8-5+,9-6+. The average molecular weight is 154 g/mol. The van der Waals surface area contributed by atoms with Crippen LogP contribution in [0.5, 0.6) is 0 Å². The van der Waals surface area contributed by atoms with Crippen LogP contribution in [0, 0.1) is 0 Å². The summed E-state index contributed by atoms with van der Waals surface area (Å²) in [6.07, 6.45) is 3.96. The minimum atomic E-state index is 0.848. The highest BCUT2D eigenvalue weighted by molar-refractivity contribution is 5.14. The van der Waals surface area contributed by atoms with E-state index in [1.54, 1.807) is 0 Å². The molecule has 0 bridgehead atoms. The second kappa shape index (κ2) is 5.98. The average Bonchev–Trinajstić information content (AvgIpc) is 1.97. The molecule has 64 valence electrons. The number of hydrogen-bond acceptors (Lipinski definition) is 2. The number of allylic oxidation sites excluding steroid dienone is 3. The molecule has 11 heavy (non-hydrogen) atoms. The Bertz CT molecular complexity index is 153. The van der Waals surface area contributed by atoms with Gasteiger partial charge >= 0.3 is 0 Å². The Morgan fingerprint density at radius 3 is 2.45 bits per heavy atom. The first-order valence-corrected chi connectivity index (χ1v) is 3.97. The van der Waals surface area contributed by atoms with E-state index >= 15 is 0 Å². The van der Waals surface area contributed by atoms with Gasteiger partial charge in [0.15, 0.2) is 0 Å². The van der Waals surface area contributed by atoms with Crippen LogP contribution in [0.2, 0.25) is 0 Å². The summed E-state index contributed by atoms with van der Waals surface area (Å²) in [5.41, 5.74) is 7.62. The van der Waals surface area contributed by atoms with Crippen LogP contribution in [-0.2, 0) is 0 Å². The van der Waals surface area contributed by atoms with E-state index in [1.165, 1.54) is 5.57 Å². The van der Waals surface area contributed by atoms with Crippen molar-refractivity contribution in [1.29, 1.82) is 0 Å². The predicted octanol–water partition coefficient (Wildman–Crippen LogP) is 1.40. The Morgan fingerprint density at radius 2 is 2.00 bits per heavy atom. The van der Waals surface area contributed by atoms with E-state index in [1.807, 2.05) is 19.1 Å². The zero-order chi connectivity index (χ0) is 8.69. The van der Waals surface area contributed by atoms with Crippen LogP contribution in [0.1, 0.15) is 20.8 Å². The molecule has 0 saturated carbocycles. The molecule has 0 aromatic heterocycles. The fraction of sp³-hybridized carbons (Fsp3) is 0.556. The van der Waals surface area contributed by atoms with Crippen molar-refractivity contribution in [3.8, 4) is 0 Å². The van der Waals surface area contributed by atoms with Crippen molar-refractivity contribution in [3.63, 3.8) is 0 Å². The van der Waals surface area contributed by atoms with Gasteiger partial charge in [-0.1, -0.05) is 18.6 Å². The van der Waals surface area contributed by atoms with Crippen molar-refractivity contribution in [2.24, 2.45) is 5.73 Å². The van der Waals surface area contributed by atoms with E-state index in [4.69, 9.17) is 5.73 Å². The van der Waals surface area contributed by atoms with E-state index < -0.39 is 0 Å². The van der Waals surface area contributed by atoms with Crippen LogP contribution < -0.4 is 11.1 Å². The first kappa shape index (κ1) is 10.2. The molecular weight excluding hydrogens is 136 g/mol. The van der Waals surface area contributed by atoms with E-state index in [2.05, 4.69) is 19.2 Å². The van der Waals surface area contributed by atoms with Crippen molar-refractivity contribution in [1.82, 2.24) is 5.32 Å². The summed E-state index contributed by atoms with van der Waals surface area (Å²) in [6, 6.07) is 0. The lowest BCUT2D eigenvalue weighted by molar-refractivity contribution is 0.776. The van der Waals surface area contributed by atoms with Gasteiger partial charge in [0, 0.05) is 12.2 Å². The molecule has 0 heterocycles. The molecule has 0 radical (unpaired) electrons. The summed E-state index contributed by atoms with van der Waals surface area (Å²) in [4.78, 5) is 0. The molecule has 2 heteroatoms. The molecular formula is C9H18N2. The molecule has 0 aromatic rings. The van der Waals surface area contributed by atoms with Gasteiger partial charge in [0.25, 0.3) is 0 Å². The molecule has 0 amide bonds. The van der Waals surface area contributed by atoms with Crippen LogP contribution in [-0.4, -0.2) is 13.1 Å². The number of nitrogens with two attached hydrogens (primary N) is 1. The highest BCUT2D eigenvalue weighted by Crippen LogP contribution is 1.91. The molecule has 0 aromatic carbocycles. The zero-order valence-electron chi connectivity index (χ0n) is 7.65. The topological polar surface area (TPSA) is 38.0 Å². The summed E-state index contributed by atoms with van der Waals surface area (Å²) in [6.45, 7) is 8.02.